The van der Waals surface area contributed by atoms with Crippen LogP contribution >= 0.6 is 0 Å². The highest BCUT2D eigenvalue weighted by Crippen LogP contribution is 2.18. The zero-order valence-corrected chi connectivity index (χ0v) is 12.3. The molecule has 1 rings (SSSR count). The summed E-state index contributed by atoms with van der Waals surface area (Å²) in [5.74, 6) is -0.233. The molecule has 0 aromatic carbocycles. The molecule has 0 bridgehead atoms. The maximum Gasteiger partial charge on any atom is 0.303 e. The fraction of sp³-hybridized carbons (Fsp3) is 0.533. The normalized spacial score (nSPS) is 11.9. The van der Waals surface area contributed by atoms with Crippen molar-refractivity contribution in [2.75, 3.05) is 11.9 Å². The minimum atomic E-state index is -0.750. The summed E-state index contributed by atoms with van der Waals surface area (Å²) < 4.78 is 0. The van der Waals surface area contributed by atoms with Gasteiger partial charge < -0.3 is 16.2 Å². The summed E-state index contributed by atoms with van der Waals surface area (Å²) >= 11 is 0. The number of carboxylic acid groups (broad SMARTS) is 1. The van der Waals surface area contributed by atoms with Gasteiger partial charge >= 0.3 is 5.97 Å². The summed E-state index contributed by atoms with van der Waals surface area (Å²) in [4.78, 5) is 25.8. The number of aromatic nitrogens is 1. The average Bonchev–Trinajstić information content (AvgIpc) is 2.45. The van der Waals surface area contributed by atoms with Crippen molar-refractivity contribution in [3.05, 3.63) is 23.9 Å². The summed E-state index contributed by atoms with van der Waals surface area (Å²) in [6.07, 6.45) is 5.38. The molecule has 1 atom stereocenters. The molecule has 0 saturated carbocycles. The summed E-state index contributed by atoms with van der Waals surface area (Å²) in [5, 5.41) is 11.9. The molecule has 1 amide bonds. The van der Waals surface area contributed by atoms with E-state index in [2.05, 4.69) is 17.2 Å². The van der Waals surface area contributed by atoms with E-state index in [4.69, 9.17) is 10.8 Å². The number of amides is 1. The standard InChI is InChI=1S/C15H23N3O3/c1-2-3-11(4-5-14(19)20)6-8-17-13-10-12(15(16)21)7-9-18-13/h7,9-11H,2-6,8H2,1H3,(H2,16,21)(H,17,18)(H,19,20). The Bertz CT molecular complexity index is 477. The van der Waals surface area contributed by atoms with Crippen molar-refractivity contribution >= 4 is 17.7 Å². The molecule has 116 valence electrons. The molecule has 4 N–H and O–H groups in total. The highest BCUT2D eigenvalue weighted by molar-refractivity contribution is 5.93. The van der Waals surface area contributed by atoms with Gasteiger partial charge in [0.15, 0.2) is 0 Å². The Hall–Kier alpha value is -2.11. The van der Waals surface area contributed by atoms with Crippen LogP contribution in [0.4, 0.5) is 5.82 Å². The Labute approximate surface area is 124 Å². The number of rotatable bonds is 10. The monoisotopic (exact) mass is 293 g/mol. The van der Waals surface area contributed by atoms with Crippen LogP contribution in [0.25, 0.3) is 0 Å². The van der Waals surface area contributed by atoms with Gasteiger partial charge in [0.05, 0.1) is 0 Å². The van der Waals surface area contributed by atoms with Crippen LogP contribution in [-0.4, -0.2) is 28.5 Å². The lowest BCUT2D eigenvalue weighted by Gasteiger charge is -2.15. The molecule has 0 spiro atoms. The number of hydrogen-bond acceptors (Lipinski definition) is 4. The summed E-state index contributed by atoms with van der Waals surface area (Å²) in [5.41, 5.74) is 5.64. The van der Waals surface area contributed by atoms with E-state index in [1.54, 1.807) is 12.1 Å². The van der Waals surface area contributed by atoms with Crippen molar-refractivity contribution in [1.29, 1.82) is 0 Å². The van der Waals surface area contributed by atoms with Crippen LogP contribution in [0.5, 0.6) is 0 Å². The van der Waals surface area contributed by atoms with E-state index in [0.29, 0.717) is 30.3 Å². The van der Waals surface area contributed by atoms with E-state index >= 15 is 0 Å². The Morgan fingerprint density at radius 1 is 1.38 bits per heavy atom. The first-order valence-electron chi connectivity index (χ1n) is 7.24. The summed E-state index contributed by atoms with van der Waals surface area (Å²) in [7, 11) is 0. The molecule has 0 aliphatic heterocycles. The van der Waals surface area contributed by atoms with Crippen LogP contribution in [0.3, 0.4) is 0 Å². The van der Waals surface area contributed by atoms with Crippen LogP contribution in [0.2, 0.25) is 0 Å². The van der Waals surface area contributed by atoms with Gasteiger partial charge in [0.2, 0.25) is 5.91 Å². The Balaban J connectivity index is 2.44. The van der Waals surface area contributed by atoms with Crippen LogP contribution < -0.4 is 11.1 Å². The predicted molar refractivity (Wildman–Crippen MR) is 81.1 cm³/mol. The fourth-order valence-corrected chi connectivity index (χ4v) is 2.25. The average molecular weight is 293 g/mol. The number of carboxylic acids is 1. The summed E-state index contributed by atoms with van der Waals surface area (Å²) in [6.45, 7) is 2.79. The zero-order chi connectivity index (χ0) is 15.7. The number of hydrogen-bond donors (Lipinski definition) is 3. The number of aliphatic carboxylic acids is 1. The van der Waals surface area contributed by atoms with Crippen LogP contribution in [0.15, 0.2) is 18.3 Å². The van der Waals surface area contributed by atoms with Gasteiger partial charge in [0, 0.05) is 24.7 Å². The van der Waals surface area contributed by atoms with Gasteiger partial charge in [0.25, 0.3) is 0 Å². The maximum atomic E-state index is 11.1. The van der Waals surface area contributed by atoms with E-state index in [9.17, 15) is 9.59 Å². The molecule has 21 heavy (non-hydrogen) atoms. The second-order valence-corrected chi connectivity index (χ2v) is 5.10. The Kier molecular flexibility index (Phi) is 7.21. The van der Waals surface area contributed by atoms with Crippen molar-refractivity contribution in [1.82, 2.24) is 4.98 Å². The molecule has 0 radical (unpaired) electrons. The molecule has 0 saturated heterocycles. The second-order valence-electron chi connectivity index (χ2n) is 5.10. The van der Waals surface area contributed by atoms with E-state index in [-0.39, 0.29) is 6.42 Å². The van der Waals surface area contributed by atoms with Gasteiger partial charge in [-0.3, -0.25) is 9.59 Å². The van der Waals surface area contributed by atoms with E-state index in [1.807, 2.05) is 0 Å². The van der Waals surface area contributed by atoms with Crippen molar-refractivity contribution in [3.63, 3.8) is 0 Å². The van der Waals surface area contributed by atoms with Crippen molar-refractivity contribution in [3.8, 4) is 0 Å². The highest BCUT2D eigenvalue weighted by Gasteiger charge is 2.10. The minimum absolute atomic E-state index is 0.208. The first-order valence-corrected chi connectivity index (χ1v) is 7.24. The van der Waals surface area contributed by atoms with E-state index < -0.39 is 11.9 Å². The number of pyridine rings is 1. The maximum absolute atomic E-state index is 11.1. The molecule has 1 unspecified atom stereocenters. The fourth-order valence-electron chi connectivity index (χ4n) is 2.25. The smallest absolute Gasteiger partial charge is 0.303 e. The van der Waals surface area contributed by atoms with Crippen molar-refractivity contribution in [2.24, 2.45) is 11.7 Å². The van der Waals surface area contributed by atoms with Gasteiger partial charge in [-0.2, -0.15) is 0 Å². The number of carbonyl (C=O) groups is 2. The first-order chi connectivity index (χ1) is 10.0. The molecule has 0 fully saturated rings. The third-order valence-corrected chi connectivity index (χ3v) is 3.37. The van der Waals surface area contributed by atoms with Crippen LogP contribution in [-0.2, 0) is 4.79 Å². The summed E-state index contributed by atoms with van der Waals surface area (Å²) in [6, 6.07) is 3.19. The van der Waals surface area contributed by atoms with Gasteiger partial charge in [-0.25, -0.2) is 4.98 Å². The Morgan fingerprint density at radius 3 is 2.76 bits per heavy atom. The number of primary amides is 1. The van der Waals surface area contributed by atoms with Gasteiger partial charge in [0.1, 0.15) is 5.82 Å². The lowest BCUT2D eigenvalue weighted by atomic mass is 9.94. The third-order valence-electron chi connectivity index (χ3n) is 3.37. The quantitative estimate of drug-likeness (QED) is 0.613. The number of carbonyl (C=O) groups excluding carboxylic acids is 1. The van der Waals surface area contributed by atoms with Gasteiger partial charge in [-0.05, 0) is 30.9 Å². The molecule has 6 nitrogen and oxygen atoms in total. The van der Waals surface area contributed by atoms with Crippen LogP contribution in [0.1, 0.15) is 49.4 Å². The molecular formula is C15H23N3O3. The highest BCUT2D eigenvalue weighted by atomic mass is 16.4. The van der Waals surface area contributed by atoms with Crippen molar-refractivity contribution in [2.45, 2.75) is 39.0 Å². The first kappa shape index (κ1) is 16.9. The number of nitrogens with zero attached hydrogens (tertiary/aromatic N) is 1. The SMILES string of the molecule is CCCC(CCNc1cc(C(N)=O)ccn1)CCC(=O)O. The molecule has 0 aliphatic carbocycles. The molecule has 0 aliphatic rings. The van der Waals surface area contributed by atoms with Gasteiger partial charge in [-0.15, -0.1) is 0 Å². The minimum Gasteiger partial charge on any atom is -0.481 e. The molecule has 1 heterocycles. The van der Waals surface area contributed by atoms with E-state index in [0.717, 1.165) is 19.3 Å². The zero-order valence-electron chi connectivity index (χ0n) is 12.3. The van der Waals surface area contributed by atoms with E-state index in [1.165, 1.54) is 6.20 Å². The lowest BCUT2D eigenvalue weighted by molar-refractivity contribution is -0.137. The number of nitrogens with one attached hydrogen (secondary N) is 1. The molecular weight excluding hydrogens is 270 g/mol. The predicted octanol–water partition coefficient (Wildman–Crippen LogP) is 2.26. The third kappa shape index (κ3) is 6.74. The second kappa shape index (κ2) is 8.94. The van der Waals surface area contributed by atoms with Crippen molar-refractivity contribution < 1.29 is 14.7 Å². The van der Waals surface area contributed by atoms with Crippen LogP contribution in [0, 0.1) is 5.92 Å². The number of anilines is 1. The van der Waals surface area contributed by atoms with Gasteiger partial charge in [-0.1, -0.05) is 19.8 Å². The number of nitrogens with two attached hydrogens (primary N) is 1. The molecule has 6 heteroatoms. The Morgan fingerprint density at radius 2 is 2.14 bits per heavy atom. The lowest BCUT2D eigenvalue weighted by Crippen LogP contribution is -2.14. The molecule has 1 aromatic heterocycles. The topological polar surface area (TPSA) is 105 Å². The largest absolute Gasteiger partial charge is 0.481 e. The molecule has 1 aromatic rings.